The van der Waals surface area contributed by atoms with Gasteiger partial charge in [0.1, 0.15) is 0 Å². The SMILES string of the molecule is C[C@]12C(=O)N(c3cccc([N+](=O)[O-])c3)C(=O)[C@@H]1[C@H]1C=C[C@H]2C1. The average molecular weight is 298 g/mol. The molecule has 0 N–H and O–H groups in total. The Morgan fingerprint density at radius 3 is 2.77 bits per heavy atom. The lowest BCUT2D eigenvalue weighted by molar-refractivity contribution is -0.384. The molecule has 3 aliphatic rings. The molecule has 0 unspecified atom stereocenters. The molecule has 1 saturated carbocycles. The van der Waals surface area contributed by atoms with Crippen molar-refractivity contribution in [2.24, 2.45) is 23.2 Å². The third-order valence-corrected chi connectivity index (χ3v) is 5.41. The molecule has 4 rings (SSSR count). The van der Waals surface area contributed by atoms with Crippen LogP contribution in [0.4, 0.5) is 11.4 Å². The van der Waals surface area contributed by atoms with Crippen molar-refractivity contribution in [2.75, 3.05) is 4.90 Å². The van der Waals surface area contributed by atoms with Gasteiger partial charge in [0.2, 0.25) is 11.8 Å². The smallest absolute Gasteiger partial charge is 0.271 e. The normalized spacial score (nSPS) is 35.3. The maximum Gasteiger partial charge on any atom is 0.271 e. The summed E-state index contributed by atoms with van der Waals surface area (Å²) in [5, 5.41) is 10.9. The predicted molar refractivity (Wildman–Crippen MR) is 77.9 cm³/mol. The van der Waals surface area contributed by atoms with Gasteiger partial charge in [0.25, 0.3) is 5.69 Å². The van der Waals surface area contributed by atoms with Crippen LogP contribution in [0.1, 0.15) is 13.3 Å². The first-order valence-corrected chi connectivity index (χ1v) is 7.26. The number of imide groups is 1. The van der Waals surface area contributed by atoms with Gasteiger partial charge < -0.3 is 0 Å². The minimum absolute atomic E-state index is 0.0858. The van der Waals surface area contributed by atoms with Crippen molar-refractivity contribution in [1.29, 1.82) is 0 Å². The number of carbonyl (C=O) groups excluding carboxylic acids is 2. The highest BCUT2D eigenvalue weighted by atomic mass is 16.6. The number of nitrogens with zero attached hydrogens (tertiary/aromatic N) is 2. The number of hydrogen-bond acceptors (Lipinski definition) is 4. The van der Waals surface area contributed by atoms with Crippen LogP contribution in [-0.4, -0.2) is 16.7 Å². The molecule has 2 fully saturated rings. The van der Waals surface area contributed by atoms with E-state index in [9.17, 15) is 19.7 Å². The molecule has 4 atom stereocenters. The molecule has 0 spiro atoms. The van der Waals surface area contributed by atoms with E-state index in [4.69, 9.17) is 0 Å². The van der Waals surface area contributed by atoms with E-state index in [1.807, 2.05) is 19.1 Å². The fraction of sp³-hybridized carbons (Fsp3) is 0.375. The van der Waals surface area contributed by atoms with E-state index in [0.717, 1.165) is 11.3 Å². The Morgan fingerprint density at radius 1 is 1.32 bits per heavy atom. The first-order chi connectivity index (χ1) is 10.4. The van der Waals surface area contributed by atoms with E-state index in [1.54, 1.807) is 6.07 Å². The number of rotatable bonds is 2. The van der Waals surface area contributed by atoms with E-state index in [1.165, 1.54) is 18.2 Å². The third kappa shape index (κ3) is 1.39. The van der Waals surface area contributed by atoms with Crippen molar-refractivity contribution in [2.45, 2.75) is 13.3 Å². The van der Waals surface area contributed by atoms with Crippen LogP contribution in [0.5, 0.6) is 0 Å². The van der Waals surface area contributed by atoms with Crippen molar-refractivity contribution >= 4 is 23.2 Å². The first-order valence-electron chi connectivity index (χ1n) is 7.26. The predicted octanol–water partition coefficient (Wildman–Crippen LogP) is 2.30. The highest BCUT2D eigenvalue weighted by Gasteiger charge is 2.67. The monoisotopic (exact) mass is 298 g/mol. The van der Waals surface area contributed by atoms with Crippen LogP contribution >= 0.6 is 0 Å². The number of anilines is 1. The standard InChI is InChI=1S/C16H14N2O4/c1-16-10-6-5-9(7-10)13(16)14(19)17(15(16)20)11-3-2-4-12(8-11)18(21)22/h2-6,8-10,13H,7H2,1H3/t9-,10-,13-,16+/m0/s1. The number of amides is 2. The highest BCUT2D eigenvalue weighted by molar-refractivity contribution is 6.24. The highest BCUT2D eigenvalue weighted by Crippen LogP contribution is 2.60. The molecular formula is C16H14N2O4. The Morgan fingerprint density at radius 2 is 2.09 bits per heavy atom. The van der Waals surface area contributed by atoms with Crippen LogP contribution in [0, 0.1) is 33.3 Å². The Kier molecular flexibility index (Phi) is 2.41. The Balaban J connectivity index is 1.79. The number of nitro benzene ring substituents is 1. The van der Waals surface area contributed by atoms with Crippen LogP contribution in [0.15, 0.2) is 36.4 Å². The molecule has 112 valence electrons. The van der Waals surface area contributed by atoms with Crippen molar-refractivity contribution in [3.8, 4) is 0 Å². The maximum absolute atomic E-state index is 12.9. The Bertz CT molecular complexity index is 756. The minimum Gasteiger partial charge on any atom is -0.274 e. The van der Waals surface area contributed by atoms with Gasteiger partial charge >= 0.3 is 0 Å². The van der Waals surface area contributed by atoms with Crippen LogP contribution in [-0.2, 0) is 9.59 Å². The summed E-state index contributed by atoms with van der Waals surface area (Å²) in [6, 6.07) is 5.71. The van der Waals surface area contributed by atoms with Gasteiger partial charge in [0.15, 0.2) is 0 Å². The molecule has 1 aromatic rings. The molecule has 1 aromatic carbocycles. The Hall–Kier alpha value is -2.50. The fourth-order valence-corrected chi connectivity index (χ4v) is 4.30. The van der Waals surface area contributed by atoms with Gasteiger partial charge in [-0.1, -0.05) is 18.2 Å². The van der Waals surface area contributed by atoms with Crippen molar-refractivity contribution in [1.82, 2.24) is 0 Å². The summed E-state index contributed by atoms with van der Waals surface area (Å²) in [6.07, 6.45) is 4.91. The van der Waals surface area contributed by atoms with E-state index in [2.05, 4.69) is 0 Å². The van der Waals surface area contributed by atoms with Crippen molar-refractivity contribution in [3.63, 3.8) is 0 Å². The molecule has 1 aliphatic heterocycles. The first kappa shape index (κ1) is 13.2. The molecule has 0 aromatic heterocycles. The number of non-ortho nitro benzene ring substituents is 1. The maximum atomic E-state index is 12.9. The van der Waals surface area contributed by atoms with Crippen LogP contribution in [0.3, 0.4) is 0 Å². The van der Waals surface area contributed by atoms with Gasteiger partial charge in [-0.25, -0.2) is 4.90 Å². The van der Waals surface area contributed by atoms with Gasteiger partial charge in [0, 0.05) is 12.1 Å². The van der Waals surface area contributed by atoms with Crippen molar-refractivity contribution in [3.05, 3.63) is 46.5 Å². The molecule has 6 nitrogen and oxygen atoms in total. The summed E-state index contributed by atoms with van der Waals surface area (Å²) in [5.74, 6) is -0.614. The number of allylic oxidation sites excluding steroid dienone is 2. The van der Waals surface area contributed by atoms with Gasteiger partial charge in [-0.15, -0.1) is 0 Å². The third-order valence-electron chi connectivity index (χ3n) is 5.41. The molecule has 2 bridgehead atoms. The number of benzene rings is 1. The molecule has 1 saturated heterocycles. The second kappa shape index (κ2) is 4.03. The summed E-state index contributed by atoms with van der Waals surface area (Å²) >= 11 is 0. The zero-order valence-corrected chi connectivity index (χ0v) is 11.9. The zero-order chi connectivity index (χ0) is 15.6. The summed E-state index contributed by atoms with van der Waals surface area (Å²) in [5.41, 5.74) is -0.540. The minimum atomic E-state index is -0.707. The van der Waals surface area contributed by atoms with E-state index < -0.39 is 10.3 Å². The lowest BCUT2D eigenvalue weighted by atomic mass is 9.71. The van der Waals surface area contributed by atoms with Crippen LogP contribution in [0.25, 0.3) is 0 Å². The zero-order valence-electron chi connectivity index (χ0n) is 11.9. The number of nitro groups is 1. The van der Waals surface area contributed by atoms with E-state index in [0.29, 0.717) is 5.69 Å². The summed E-state index contributed by atoms with van der Waals surface area (Å²) in [4.78, 5) is 37.2. The molecule has 6 heteroatoms. The second-order valence-corrected chi connectivity index (χ2v) is 6.41. The number of fused-ring (bicyclic) bond motifs is 5. The second-order valence-electron chi connectivity index (χ2n) is 6.41. The Labute approximate surface area is 126 Å². The fourth-order valence-electron chi connectivity index (χ4n) is 4.30. The van der Waals surface area contributed by atoms with Gasteiger partial charge in [0.05, 0.1) is 21.9 Å². The lowest BCUT2D eigenvalue weighted by Crippen LogP contribution is -2.37. The number of carbonyl (C=O) groups is 2. The summed E-state index contributed by atoms with van der Waals surface area (Å²) in [7, 11) is 0. The molecular weight excluding hydrogens is 284 g/mol. The molecule has 22 heavy (non-hydrogen) atoms. The van der Waals surface area contributed by atoms with Crippen LogP contribution < -0.4 is 4.90 Å². The van der Waals surface area contributed by atoms with Gasteiger partial charge in [-0.2, -0.15) is 0 Å². The number of hydrogen-bond donors (Lipinski definition) is 0. The molecule has 2 amide bonds. The topological polar surface area (TPSA) is 80.5 Å². The molecule has 0 radical (unpaired) electrons. The lowest BCUT2D eigenvalue weighted by Gasteiger charge is -2.28. The van der Waals surface area contributed by atoms with Crippen LogP contribution in [0.2, 0.25) is 0 Å². The quantitative estimate of drug-likeness (QED) is 0.363. The average Bonchev–Trinajstić information content (AvgIpc) is 3.12. The molecule has 2 aliphatic carbocycles. The van der Waals surface area contributed by atoms with Crippen molar-refractivity contribution < 1.29 is 14.5 Å². The molecule has 1 heterocycles. The van der Waals surface area contributed by atoms with Gasteiger partial charge in [-0.3, -0.25) is 19.7 Å². The summed E-state index contributed by atoms with van der Waals surface area (Å²) in [6.45, 7) is 1.85. The van der Waals surface area contributed by atoms with E-state index in [-0.39, 0.29) is 35.3 Å². The summed E-state index contributed by atoms with van der Waals surface area (Å²) < 4.78 is 0. The van der Waals surface area contributed by atoms with E-state index >= 15 is 0 Å². The largest absolute Gasteiger partial charge is 0.274 e. The van der Waals surface area contributed by atoms with Gasteiger partial charge in [-0.05, 0) is 31.2 Å².